The van der Waals surface area contributed by atoms with E-state index in [1.54, 1.807) is 0 Å². The molecule has 0 saturated carbocycles. The Morgan fingerprint density at radius 2 is 1.65 bits per heavy atom. The highest BCUT2D eigenvalue weighted by atomic mass is 16.5. The minimum atomic E-state index is -0.00609. The first kappa shape index (κ1) is 17.9. The van der Waals surface area contributed by atoms with Gasteiger partial charge in [-0.05, 0) is 71.6 Å². The number of hydrogen-bond donors (Lipinski definition) is 0. The molecule has 2 saturated heterocycles. The van der Waals surface area contributed by atoms with Gasteiger partial charge in [-0.2, -0.15) is 0 Å². The van der Waals surface area contributed by atoms with Crippen LogP contribution in [-0.4, -0.2) is 62.3 Å². The van der Waals surface area contributed by atoms with Crippen molar-refractivity contribution >= 4 is 0 Å². The third-order valence-electron chi connectivity index (χ3n) is 4.93. The Morgan fingerprint density at radius 3 is 2.15 bits per heavy atom. The van der Waals surface area contributed by atoms with Crippen LogP contribution in [0.1, 0.15) is 53.4 Å². The van der Waals surface area contributed by atoms with Gasteiger partial charge in [0.25, 0.3) is 0 Å². The summed E-state index contributed by atoms with van der Waals surface area (Å²) in [7, 11) is 4.10. The zero-order chi connectivity index (χ0) is 15.2. The molecular formula is C17H36N2O. The number of rotatable bonds is 3. The maximum absolute atomic E-state index is 5.54. The van der Waals surface area contributed by atoms with Crippen LogP contribution in [0.3, 0.4) is 0 Å². The molecule has 2 heterocycles. The van der Waals surface area contributed by atoms with Gasteiger partial charge in [-0.1, -0.05) is 13.8 Å². The molecule has 0 unspecified atom stereocenters. The Bertz CT molecular complexity index is 270. The van der Waals surface area contributed by atoms with Gasteiger partial charge in [0, 0.05) is 20.2 Å². The van der Waals surface area contributed by atoms with Crippen LogP contribution in [0.15, 0.2) is 0 Å². The summed E-state index contributed by atoms with van der Waals surface area (Å²) in [5.74, 6) is 0. The molecule has 1 spiro atoms. The number of ether oxygens (including phenoxy) is 1. The lowest BCUT2D eigenvalue weighted by Gasteiger charge is -2.48. The lowest BCUT2D eigenvalue weighted by molar-refractivity contribution is -0.0319. The molecule has 0 bridgehead atoms. The van der Waals surface area contributed by atoms with E-state index < -0.39 is 0 Å². The van der Waals surface area contributed by atoms with Crippen molar-refractivity contribution in [2.75, 3.05) is 46.9 Å². The predicted molar refractivity (Wildman–Crippen MR) is 87.3 cm³/mol. The smallest absolute Gasteiger partial charge is 0.0749 e. The van der Waals surface area contributed by atoms with Gasteiger partial charge in [0.1, 0.15) is 0 Å². The molecule has 3 heteroatoms. The SMILES string of the molecule is CC.COC(C)(C)CN1CCC2(CCCN(C)C2)CC1. The van der Waals surface area contributed by atoms with E-state index in [0.29, 0.717) is 5.41 Å². The fraction of sp³-hybridized carbons (Fsp3) is 1.00. The molecule has 120 valence electrons. The van der Waals surface area contributed by atoms with Crippen molar-refractivity contribution in [2.24, 2.45) is 5.41 Å². The third-order valence-corrected chi connectivity index (χ3v) is 4.93. The van der Waals surface area contributed by atoms with Crippen molar-refractivity contribution in [3.63, 3.8) is 0 Å². The quantitative estimate of drug-likeness (QED) is 0.791. The molecule has 0 radical (unpaired) electrons. The van der Waals surface area contributed by atoms with Crippen LogP contribution in [0.4, 0.5) is 0 Å². The second-order valence-electron chi connectivity index (χ2n) is 7.08. The summed E-state index contributed by atoms with van der Waals surface area (Å²) in [4.78, 5) is 5.11. The predicted octanol–water partition coefficient (Wildman–Crippen LogP) is 3.25. The molecule has 2 fully saturated rings. The molecule has 0 aromatic rings. The third kappa shape index (κ3) is 5.01. The average Bonchev–Trinajstić information content (AvgIpc) is 2.44. The Labute approximate surface area is 126 Å². The lowest BCUT2D eigenvalue weighted by atomic mass is 9.72. The van der Waals surface area contributed by atoms with Crippen molar-refractivity contribution in [3.8, 4) is 0 Å². The molecule has 0 N–H and O–H groups in total. The molecular weight excluding hydrogens is 248 g/mol. The van der Waals surface area contributed by atoms with Crippen LogP contribution in [0.2, 0.25) is 0 Å². The van der Waals surface area contributed by atoms with Gasteiger partial charge < -0.3 is 14.5 Å². The Hall–Kier alpha value is -0.120. The number of likely N-dealkylation sites (tertiary alicyclic amines) is 2. The van der Waals surface area contributed by atoms with E-state index in [-0.39, 0.29) is 5.60 Å². The molecule has 2 aliphatic heterocycles. The van der Waals surface area contributed by atoms with Crippen LogP contribution in [0.5, 0.6) is 0 Å². The molecule has 2 aliphatic rings. The van der Waals surface area contributed by atoms with Crippen LogP contribution in [0, 0.1) is 5.41 Å². The van der Waals surface area contributed by atoms with Crippen LogP contribution in [0.25, 0.3) is 0 Å². The normalized spacial score (nSPS) is 24.3. The minimum Gasteiger partial charge on any atom is -0.377 e. The fourth-order valence-electron chi connectivity index (χ4n) is 3.65. The second kappa shape index (κ2) is 7.77. The van der Waals surface area contributed by atoms with E-state index in [9.17, 15) is 0 Å². The van der Waals surface area contributed by atoms with E-state index >= 15 is 0 Å². The van der Waals surface area contributed by atoms with Gasteiger partial charge in [0.15, 0.2) is 0 Å². The molecule has 20 heavy (non-hydrogen) atoms. The summed E-state index contributed by atoms with van der Waals surface area (Å²) in [6.07, 6.45) is 5.58. The minimum absolute atomic E-state index is 0.00609. The van der Waals surface area contributed by atoms with Crippen molar-refractivity contribution in [1.29, 1.82) is 0 Å². The van der Waals surface area contributed by atoms with E-state index in [1.165, 1.54) is 51.9 Å². The molecule has 0 aromatic carbocycles. The Balaban J connectivity index is 0.000000956. The standard InChI is InChI=1S/C15H30N2O.C2H6/c1-14(2,18-4)12-17-10-7-15(8-11-17)6-5-9-16(3)13-15;1-2/h5-13H2,1-4H3;1-2H3. The zero-order valence-corrected chi connectivity index (χ0v) is 14.7. The van der Waals surface area contributed by atoms with Gasteiger partial charge in [0.05, 0.1) is 5.60 Å². The highest BCUT2D eigenvalue weighted by Crippen LogP contribution is 2.39. The molecule has 0 aliphatic carbocycles. The summed E-state index contributed by atoms with van der Waals surface area (Å²) >= 11 is 0. The first-order valence-corrected chi connectivity index (χ1v) is 8.41. The van der Waals surface area contributed by atoms with Crippen LogP contribution in [-0.2, 0) is 4.74 Å². The Kier molecular flexibility index (Phi) is 6.96. The summed E-state index contributed by atoms with van der Waals surface area (Å²) in [6, 6.07) is 0. The highest BCUT2D eigenvalue weighted by Gasteiger charge is 2.38. The fourth-order valence-corrected chi connectivity index (χ4v) is 3.65. The van der Waals surface area contributed by atoms with E-state index in [4.69, 9.17) is 4.74 Å². The molecule has 0 atom stereocenters. The van der Waals surface area contributed by atoms with Gasteiger partial charge in [0.2, 0.25) is 0 Å². The second-order valence-corrected chi connectivity index (χ2v) is 7.08. The van der Waals surface area contributed by atoms with Crippen molar-refractivity contribution < 1.29 is 4.74 Å². The van der Waals surface area contributed by atoms with Gasteiger partial charge in [-0.15, -0.1) is 0 Å². The number of piperidine rings is 2. The van der Waals surface area contributed by atoms with E-state index in [0.717, 1.165) is 6.54 Å². The maximum Gasteiger partial charge on any atom is 0.0749 e. The molecule has 2 rings (SSSR count). The summed E-state index contributed by atoms with van der Waals surface area (Å²) in [6.45, 7) is 14.5. The summed E-state index contributed by atoms with van der Waals surface area (Å²) in [5.41, 5.74) is 0.620. The summed E-state index contributed by atoms with van der Waals surface area (Å²) in [5, 5.41) is 0. The van der Waals surface area contributed by atoms with Crippen LogP contribution >= 0.6 is 0 Å². The first-order chi connectivity index (χ1) is 9.45. The largest absolute Gasteiger partial charge is 0.377 e. The molecule has 3 nitrogen and oxygen atoms in total. The summed E-state index contributed by atoms with van der Waals surface area (Å²) < 4.78 is 5.54. The number of methoxy groups -OCH3 is 1. The van der Waals surface area contributed by atoms with Crippen molar-refractivity contribution in [3.05, 3.63) is 0 Å². The highest BCUT2D eigenvalue weighted by molar-refractivity contribution is 4.91. The Morgan fingerprint density at radius 1 is 1.05 bits per heavy atom. The molecule has 0 amide bonds. The van der Waals surface area contributed by atoms with Gasteiger partial charge >= 0.3 is 0 Å². The van der Waals surface area contributed by atoms with Crippen LogP contribution < -0.4 is 0 Å². The van der Waals surface area contributed by atoms with Gasteiger partial charge in [-0.3, -0.25) is 0 Å². The topological polar surface area (TPSA) is 15.7 Å². The maximum atomic E-state index is 5.54. The monoisotopic (exact) mass is 284 g/mol. The van der Waals surface area contributed by atoms with Crippen molar-refractivity contribution in [1.82, 2.24) is 9.80 Å². The van der Waals surface area contributed by atoms with Gasteiger partial charge in [-0.25, -0.2) is 0 Å². The van der Waals surface area contributed by atoms with E-state index in [1.807, 2.05) is 21.0 Å². The lowest BCUT2D eigenvalue weighted by Crippen LogP contribution is -2.51. The van der Waals surface area contributed by atoms with E-state index in [2.05, 4.69) is 30.7 Å². The number of nitrogens with zero attached hydrogens (tertiary/aromatic N) is 2. The zero-order valence-electron chi connectivity index (χ0n) is 14.7. The first-order valence-electron chi connectivity index (χ1n) is 8.41. The average molecular weight is 284 g/mol. The molecule has 0 aromatic heterocycles. The van der Waals surface area contributed by atoms with Crippen molar-refractivity contribution in [2.45, 2.75) is 59.0 Å². The number of hydrogen-bond acceptors (Lipinski definition) is 3.